The molecule has 0 unspecified atom stereocenters. The zero-order chi connectivity index (χ0) is 20.8. The predicted octanol–water partition coefficient (Wildman–Crippen LogP) is 2.41. The molecule has 0 atom stereocenters. The van der Waals surface area contributed by atoms with Crippen LogP contribution in [0.25, 0.3) is 0 Å². The van der Waals surface area contributed by atoms with Crippen LogP contribution in [0.5, 0.6) is 11.5 Å². The fourth-order valence-corrected chi connectivity index (χ4v) is 7.19. The van der Waals surface area contributed by atoms with Gasteiger partial charge in [-0.25, -0.2) is 8.42 Å². The monoisotopic (exact) mass is 422 g/mol. The van der Waals surface area contributed by atoms with E-state index in [2.05, 4.69) is 5.32 Å². The van der Waals surface area contributed by atoms with Gasteiger partial charge >= 0.3 is 0 Å². The number of carbonyl (C=O) groups is 1. The summed E-state index contributed by atoms with van der Waals surface area (Å²) in [5, 5.41) is 3.23. The number of nitrogens with one attached hydrogen (secondary N) is 1. The van der Waals surface area contributed by atoms with Crippen LogP contribution in [-0.4, -0.2) is 52.0 Å². The normalized spacial score (nSPS) is 30.4. The Morgan fingerprint density at radius 2 is 1.62 bits per heavy atom. The van der Waals surface area contributed by atoms with Crippen LogP contribution in [0, 0.1) is 17.8 Å². The van der Waals surface area contributed by atoms with E-state index in [4.69, 9.17) is 9.47 Å². The summed E-state index contributed by atoms with van der Waals surface area (Å²) < 4.78 is 37.4. The van der Waals surface area contributed by atoms with Gasteiger partial charge in [-0.1, -0.05) is 0 Å². The van der Waals surface area contributed by atoms with Gasteiger partial charge < -0.3 is 14.8 Å². The Labute approximate surface area is 172 Å². The molecule has 4 bridgehead atoms. The van der Waals surface area contributed by atoms with E-state index < -0.39 is 10.0 Å². The molecule has 4 saturated carbocycles. The van der Waals surface area contributed by atoms with Crippen LogP contribution in [0.4, 0.5) is 0 Å². The van der Waals surface area contributed by atoms with Crippen molar-refractivity contribution >= 4 is 15.9 Å². The van der Waals surface area contributed by atoms with Gasteiger partial charge in [-0.15, -0.1) is 0 Å². The Morgan fingerprint density at radius 3 is 2.14 bits per heavy atom. The summed E-state index contributed by atoms with van der Waals surface area (Å²) in [7, 11) is 0.563. The van der Waals surface area contributed by atoms with Crippen LogP contribution in [-0.2, 0) is 14.8 Å². The second kappa shape index (κ2) is 7.47. The average Bonchev–Trinajstić information content (AvgIpc) is 2.65. The number of methoxy groups -OCH3 is 2. The minimum atomic E-state index is -3.82. The lowest BCUT2D eigenvalue weighted by Gasteiger charge is -2.57. The molecule has 1 aromatic carbocycles. The van der Waals surface area contributed by atoms with Gasteiger partial charge in [0.15, 0.2) is 11.5 Å². The molecule has 1 N–H and O–H groups in total. The van der Waals surface area contributed by atoms with E-state index in [9.17, 15) is 13.2 Å². The summed E-state index contributed by atoms with van der Waals surface area (Å²) in [4.78, 5) is 12.8. The zero-order valence-corrected chi connectivity index (χ0v) is 18.1. The van der Waals surface area contributed by atoms with Crippen LogP contribution in [0.2, 0.25) is 0 Å². The van der Waals surface area contributed by atoms with Crippen molar-refractivity contribution in [1.29, 1.82) is 0 Å². The van der Waals surface area contributed by atoms with Crippen molar-refractivity contribution < 1.29 is 22.7 Å². The van der Waals surface area contributed by atoms with Crippen LogP contribution in [0.3, 0.4) is 0 Å². The number of ether oxygens (including phenoxy) is 2. The summed E-state index contributed by atoms with van der Waals surface area (Å²) in [6.45, 7) is -0.196. The van der Waals surface area contributed by atoms with Crippen LogP contribution in [0.1, 0.15) is 38.5 Å². The molecular formula is C21H30N2O5S. The first kappa shape index (κ1) is 20.5. The maximum absolute atomic E-state index is 12.9. The molecule has 0 saturated heterocycles. The molecule has 7 nitrogen and oxygen atoms in total. The number of hydrogen-bond acceptors (Lipinski definition) is 5. The summed E-state index contributed by atoms with van der Waals surface area (Å²) in [5.74, 6) is 2.71. The van der Waals surface area contributed by atoms with Gasteiger partial charge in [-0.05, 0) is 68.4 Å². The molecule has 1 aromatic rings. The highest BCUT2D eigenvalue weighted by atomic mass is 32.2. The van der Waals surface area contributed by atoms with E-state index in [1.807, 2.05) is 0 Å². The molecule has 0 heterocycles. The van der Waals surface area contributed by atoms with Crippen molar-refractivity contribution in [3.8, 4) is 11.5 Å². The third-order valence-corrected chi connectivity index (χ3v) is 8.67. The highest BCUT2D eigenvalue weighted by Gasteiger charge is 2.51. The number of hydrogen-bond donors (Lipinski definition) is 1. The number of likely N-dealkylation sites (N-methyl/N-ethyl adjacent to an activating group) is 1. The Bertz CT molecular complexity index is 863. The number of amides is 1. The van der Waals surface area contributed by atoms with Gasteiger partial charge in [0.05, 0.1) is 25.7 Å². The molecule has 0 spiro atoms. The van der Waals surface area contributed by atoms with Gasteiger partial charge in [0, 0.05) is 18.7 Å². The molecular weight excluding hydrogens is 392 g/mol. The number of sulfonamides is 1. The summed E-state index contributed by atoms with van der Waals surface area (Å²) in [6.07, 6.45) is 7.00. The largest absolute Gasteiger partial charge is 0.493 e. The van der Waals surface area contributed by atoms with Gasteiger partial charge in [-0.3, -0.25) is 4.79 Å². The molecule has 160 valence electrons. The lowest BCUT2D eigenvalue weighted by Crippen LogP contribution is -2.61. The zero-order valence-electron chi connectivity index (χ0n) is 17.3. The molecule has 0 radical (unpaired) electrons. The molecule has 1 amide bonds. The first-order valence-corrected chi connectivity index (χ1v) is 11.7. The lowest BCUT2D eigenvalue weighted by molar-refractivity contribution is -0.126. The molecule has 8 heteroatoms. The Kier molecular flexibility index (Phi) is 5.27. The second-order valence-electron chi connectivity index (χ2n) is 9.02. The van der Waals surface area contributed by atoms with Gasteiger partial charge in [0.1, 0.15) is 0 Å². The van der Waals surface area contributed by atoms with Crippen molar-refractivity contribution in [3.63, 3.8) is 0 Å². The summed E-state index contributed by atoms with van der Waals surface area (Å²) in [6, 6.07) is 4.43. The third-order valence-electron chi connectivity index (χ3n) is 6.87. The fourth-order valence-electron chi connectivity index (χ4n) is 6.04. The second-order valence-corrected chi connectivity index (χ2v) is 11.1. The summed E-state index contributed by atoms with van der Waals surface area (Å²) in [5.41, 5.74) is -0.125. The van der Waals surface area contributed by atoms with E-state index >= 15 is 0 Å². The molecule has 4 aliphatic carbocycles. The topological polar surface area (TPSA) is 84.9 Å². The average molecular weight is 423 g/mol. The van der Waals surface area contributed by atoms with E-state index in [1.165, 1.54) is 52.7 Å². The molecule has 4 fully saturated rings. The lowest BCUT2D eigenvalue weighted by atomic mass is 9.53. The molecule has 29 heavy (non-hydrogen) atoms. The van der Waals surface area contributed by atoms with Crippen LogP contribution >= 0.6 is 0 Å². The van der Waals surface area contributed by atoms with E-state index in [0.717, 1.165) is 41.3 Å². The number of nitrogens with zero attached hydrogens (tertiary/aromatic N) is 1. The van der Waals surface area contributed by atoms with Crippen molar-refractivity contribution in [2.24, 2.45) is 17.8 Å². The minimum absolute atomic E-state index is 0.0697. The highest BCUT2D eigenvalue weighted by molar-refractivity contribution is 7.89. The third kappa shape index (κ3) is 3.84. The maximum Gasteiger partial charge on any atom is 0.243 e. The van der Waals surface area contributed by atoms with Crippen molar-refractivity contribution in [2.75, 3.05) is 27.8 Å². The number of rotatable bonds is 7. The number of benzene rings is 1. The SMILES string of the molecule is COc1ccc(S(=O)(=O)N(C)CC(=O)NC23CC4CC(CC(C4)C2)C3)cc1OC. The molecule has 5 rings (SSSR count). The molecule has 4 aliphatic rings. The fraction of sp³-hybridized carbons (Fsp3) is 0.667. The van der Waals surface area contributed by atoms with Crippen molar-refractivity contribution in [3.05, 3.63) is 18.2 Å². The van der Waals surface area contributed by atoms with Gasteiger partial charge in [0.25, 0.3) is 0 Å². The Hall–Kier alpha value is -1.80. The maximum atomic E-state index is 12.9. The molecule has 0 aliphatic heterocycles. The standard InChI is InChI=1S/C21H30N2O5S/c1-23(29(25,26)17-4-5-18(27-2)19(9-17)28-3)13-20(24)22-21-10-14-6-15(11-21)8-16(7-14)12-21/h4-5,9,14-16H,6-8,10-13H2,1-3H3,(H,22,24). The molecule has 0 aromatic heterocycles. The van der Waals surface area contributed by atoms with E-state index in [0.29, 0.717) is 11.5 Å². The van der Waals surface area contributed by atoms with Crippen LogP contribution < -0.4 is 14.8 Å². The summed E-state index contributed by atoms with van der Waals surface area (Å²) >= 11 is 0. The Morgan fingerprint density at radius 1 is 1.07 bits per heavy atom. The van der Waals surface area contributed by atoms with E-state index in [1.54, 1.807) is 6.07 Å². The predicted molar refractivity (Wildman–Crippen MR) is 108 cm³/mol. The first-order valence-electron chi connectivity index (χ1n) is 10.2. The number of carbonyl (C=O) groups excluding carboxylic acids is 1. The highest BCUT2D eigenvalue weighted by Crippen LogP contribution is 2.55. The van der Waals surface area contributed by atoms with Crippen molar-refractivity contribution in [1.82, 2.24) is 9.62 Å². The van der Waals surface area contributed by atoms with E-state index in [-0.39, 0.29) is 22.9 Å². The van der Waals surface area contributed by atoms with Crippen molar-refractivity contribution in [2.45, 2.75) is 49.0 Å². The minimum Gasteiger partial charge on any atom is -0.493 e. The smallest absolute Gasteiger partial charge is 0.243 e. The van der Waals surface area contributed by atoms with Crippen LogP contribution in [0.15, 0.2) is 23.1 Å². The first-order chi connectivity index (χ1) is 13.7. The quantitative estimate of drug-likeness (QED) is 0.729. The van der Waals surface area contributed by atoms with Gasteiger partial charge in [-0.2, -0.15) is 4.31 Å². The Balaban J connectivity index is 1.44. The van der Waals surface area contributed by atoms with Gasteiger partial charge in [0.2, 0.25) is 15.9 Å².